The Morgan fingerprint density at radius 2 is 1.83 bits per heavy atom. The van der Waals surface area contributed by atoms with Crippen molar-refractivity contribution in [2.24, 2.45) is 0 Å². The molecule has 150 valence electrons. The largest absolute Gasteiger partial charge is 0.488 e. The summed E-state index contributed by atoms with van der Waals surface area (Å²) < 4.78 is 11.2. The average molecular weight is 392 g/mol. The van der Waals surface area contributed by atoms with Crippen LogP contribution in [0.1, 0.15) is 27.4 Å². The van der Waals surface area contributed by atoms with Crippen LogP contribution in [0.4, 0.5) is 5.82 Å². The van der Waals surface area contributed by atoms with Gasteiger partial charge in [0.05, 0.1) is 16.8 Å². The number of amides is 1. The number of benzene rings is 1. The van der Waals surface area contributed by atoms with Crippen molar-refractivity contribution < 1.29 is 14.1 Å². The average Bonchev–Trinajstić information content (AvgIpc) is 3.10. The third kappa shape index (κ3) is 4.08. The van der Waals surface area contributed by atoms with Gasteiger partial charge in [-0.3, -0.25) is 4.79 Å². The highest BCUT2D eigenvalue weighted by molar-refractivity contribution is 5.97. The van der Waals surface area contributed by atoms with Gasteiger partial charge < -0.3 is 19.1 Å². The molecule has 0 N–H and O–H groups in total. The number of anilines is 1. The summed E-state index contributed by atoms with van der Waals surface area (Å²) in [6.45, 7) is 6.86. The molecule has 1 aromatic carbocycles. The zero-order valence-electron chi connectivity index (χ0n) is 16.7. The van der Waals surface area contributed by atoms with Crippen molar-refractivity contribution in [2.45, 2.75) is 20.5 Å². The number of rotatable bonds is 5. The molecule has 0 saturated carbocycles. The number of aryl methyl sites for hydroxylation is 2. The number of hydrogen-bond acceptors (Lipinski definition) is 6. The molecule has 7 heteroatoms. The fraction of sp³-hybridized carbons (Fsp3) is 0.318. The Labute approximate surface area is 169 Å². The third-order valence-electron chi connectivity index (χ3n) is 5.21. The van der Waals surface area contributed by atoms with Gasteiger partial charge in [-0.1, -0.05) is 23.4 Å². The molecule has 7 nitrogen and oxygen atoms in total. The van der Waals surface area contributed by atoms with Crippen LogP contribution in [0.3, 0.4) is 0 Å². The Kier molecular flexibility index (Phi) is 5.46. The van der Waals surface area contributed by atoms with Gasteiger partial charge in [0, 0.05) is 32.4 Å². The van der Waals surface area contributed by atoms with Crippen LogP contribution in [0, 0.1) is 13.8 Å². The summed E-state index contributed by atoms with van der Waals surface area (Å²) in [4.78, 5) is 21.6. The molecular weight excluding hydrogens is 368 g/mol. The lowest BCUT2D eigenvalue weighted by atomic mass is 10.1. The van der Waals surface area contributed by atoms with Crippen LogP contribution >= 0.6 is 0 Å². The van der Waals surface area contributed by atoms with Gasteiger partial charge >= 0.3 is 0 Å². The maximum absolute atomic E-state index is 13.1. The summed E-state index contributed by atoms with van der Waals surface area (Å²) in [7, 11) is 0. The first kappa shape index (κ1) is 19.0. The van der Waals surface area contributed by atoms with E-state index in [4.69, 9.17) is 9.26 Å². The van der Waals surface area contributed by atoms with Gasteiger partial charge in [0.25, 0.3) is 5.91 Å². The Bertz CT molecular complexity index is 959. The van der Waals surface area contributed by atoms with Crippen molar-refractivity contribution in [1.82, 2.24) is 15.0 Å². The first-order valence-corrected chi connectivity index (χ1v) is 9.72. The molecule has 0 radical (unpaired) electrons. The summed E-state index contributed by atoms with van der Waals surface area (Å²) >= 11 is 0. The Hall–Kier alpha value is -3.35. The van der Waals surface area contributed by atoms with E-state index in [1.54, 1.807) is 6.20 Å². The maximum atomic E-state index is 13.1. The summed E-state index contributed by atoms with van der Waals surface area (Å²) in [5, 5.41) is 3.95. The van der Waals surface area contributed by atoms with E-state index in [0.717, 1.165) is 35.9 Å². The lowest BCUT2D eigenvalue weighted by Gasteiger charge is -2.35. The fourth-order valence-electron chi connectivity index (χ4n) is 3.48. The normalized spacial score (nSPS) is 14.1. The molecule has 29 heavy (non-hydrogen) atoms. The topological polar surface area (TPSA) is 71.7 Å². The standard InChI is InChI=1S/C22H24N4O3/c1-16-19(17(2)29-24-16)15-28-20-8-4-3-7-18(20)22(27)26-13-11-25(12-14-26)21-9-5-6-10-23-21/h3-10H,11-15H2,1-2H3. The fourth-order valence-corrected chi connectivity index (χ4v) is 3.48. The summed E-state index contributed by atoms with van der Waals surface area (Å²) in [5.74, 6) is 2.24. The predicted octanol–water partition coefficient (Wildman–Crippen LogP) is 3.23. The lowest BCUT2D eigenvalue weighted by Crippen LogP contribution is -2.49. The molecule has 0 unspecified atom stereocenters. The summed E-state index contributed by atoms with van der Waals surface area (Å²) in [6.07, 6.45) is 1.79. The Balaban J connectivity index is 1.43. The molecule has 4 rings (SSSR count). The van der Waals surface area contributed by atoms with Crippen molar-refractivity contribution in [3.63, 3.8) is 0 Å². The van der Waals surface area contributed by atoms with E-state index in [-0.39, 0.29) is 5.91 Å². The Morgan fingerprint density at radius 3 is 2.52 bits per heavy atom. The van der Waals surface area contributed by atoms with Crippen LogP contribution in [-0.2, 0) is 6.61 Å². The zero-order valence-corrected chi connectivity index (χ0v) is 16.7. The first-order chi connectivity index (χ1) is 14.1. The number of carbonyl (C=O) groups excluding carboxylic acids is 1. The van der Waals surface area contributed by atoms with Crippen molar-refractivity contribution >= 4 is 11.7 Å². The highest BCUT2D eigenvalue weighted by atomic mass is 16.5. The van der Waals surface area contributed by atoms with Crippen LogP contribution in [0.25, 0.3) is 0 Å². The molecule has 0 atom stereocenters. The van der Waals surface area contributed by atoms with Gasteiger partial charge in [-0.25, -0.2) is 4.98 Å². The number of pyridine rings is 1. The molecule has 0 spiro atoms. The molecule has 0 bridgehead atoms. The number of carbonyl (C=O) groups is 1. The molecule has 1 saturated heterocycles. The molecule has 2 aromatic heterocycles. The molecule has 1 aliphatic heterocycles. The predicted molar refractivity (Wildman–Crippen MR) is 109 cm³/mol. The second-order valence-electron chi connectivity index (χ2n) is 7.05. The van der Waals surface area contributed by atoms with Gasteiger partial charge in [-0.05, 0) is 38.1 Å². The van der Waals surface area contributed by atoms with E-state index >= 15 is 0 Å². The SMILES string of the molecule is Cc1noc(C)c1COc1ccccc1C(=O)N1CCN(c2ccccn2)CC1. The zero-order chi connectivity index (χ0) is 20.2. The number of nitrogens with zero attached hydrogens (tertiary/aromatic N) is 4. The maximum Gasteiger partial charge on any atom is 0.257 e. The summed E-state index contributed by atoms with van der Waals surface area (Å²) in [6, 6.07) is 13.3. The van der Waals surface area contributed by atoms with Crippen LogP contribution < -0.4 is 9.64 Å². The smallest absolute Gasteiger partial charge is 0.257 e. The van der Waals surface area contributed by atoms with Crippen molar-refractivity contribution in [3.05, 3.63) is 71.2 Å². The third-order valence-corrected chi connectivity index (χ3v) is 5.21. The Morgan fingerprint density at radius 1 is 1.07 bits per heavy atom. The van der Waals surface area contributed by atoms with Gasteiger partial charge in [-0.2, -0.15) is 0 Å². The number of ether oxygens (including phenoxy) is 1. The minimum Gasteiger partial charge on any atom is -0.488 e. The minimum absolute atomic E-state index is 0.0139. The number of para-hydroxylation sites is 1. The molecule has 1 aliphatic rings. The van der Waals surface area contributed by atoms with Crippen molar-refractivity contribution in [3.8, 4) is 5.75 Å². The van der Waals surface area contributed by atoms with Crippen LogP contribution in [-0.4, -0.2) is 47.1 Å². The molecule has 1 amide bonds. The molecular formula is C22H24N4O3. The van der Waals surface area contributed by atoms with Crippen LogP contribution in [0.15, 0.2) is 53.2 Å². The van der Waals surface area contributed by atoms with E-state index < -0.39 is 0 Å². The quantitative estimate of drug-likeness (QED) is 0.664. The number of piperazine rings is 1. The molecule has 3 aromatic rings. The molecule has 3 heterocycles. The summed E-state index contributed by atoms with van der Waals surface area (Å²) in [5.41, 5.74) is 2.29. The number of hydrogen-bond donors (Lipinski definition) is 0. The first-order valence-electron chi connectivity index (χ1n) is 9.72. The second-order valence-corrected chi connectivity index (χ2v) is 7.05. The van der Waals surface area contributed by atoms with E-state index in [0.29, 0.717) is 31.0 Å². The molecule has 1 fully saturated rings. The lowest BCUT2D eigenvalue weighted by molar-refractivity contribution is 0.0741. The van der Waals surface area contributed by atoms with Crippen molar-refractivity contribution in [2.75, 3.05) is 31.1 Å². The highest BCUT2D eigenvalue weighted by Gasteiger charge is 2.25. The monoisotopic (exact) mass is 392 g/mol. The van der Waals surface area contributed by atoms with E-state index in [9.17, 15) is 4.79 Å². The second kappa shape index (κ2) is 8.34. The van der Waals surface area contributed by atoms with Crippen LogP contribution in [0.5, 0.6) is 5.75 Å². The van der Waals surface area contributed by atoms with Crippen molar-refractivity contribution in [1.29, 1.82) is 0 Å². The van der Waals surface area contributed by atoms with Gasteiger partial charge in [0.2, 0.25) is 0 Å². The van der Waals surface area contributed by atoms with E-state index in [1.165, 1.54) is 0 Å². The minimum atomic E-state index is -0.0139. The van der Waals surface area contributed by atoms with Gasteiger partial charge in [0.1, 0.15) is 23.9 Å². The van der Waals surface area contributed by atoms with Gasteiger partial charge in [0.15, 0.2) is 0 Å². The van der Waals surface area contributed by atoms with E-state index in [1.807, 2.05) is 61.2 Å². The number of aromatic nitrogens is 2. The molecule has 0 aliphatic carbocycles. The van der Waals surface area contributed by atoms with Crippen LogP contribution in [0.2, 0.25) is 0 Å². The highest BCUT2D eigenvalue weighted by Crippen LogP contribution is 2.24. The van der Waals surface area contributed by atoms with Gasteiger partial charge in [-0.15, -0.1) is 0 Å². The van der Waals surface area contributed by atoms with E-state index in [2.05, 4.69) is 15.0 Å².